The molecule has 196 valence electrons. The normalized spacial score (nSPS) is 14.1. The first-order valence-corrected chi connectivity index (χ1v) is 13.0. The molecule has 0 unspecified atom stereocenters. The molecular weight excluding hydrogens is 639 g/mol. The maximum absolute atomic E-state index is 12.9. The molecule has 0 radical (unpaired) electrons. The highest BCUT2D eigenvalue weighted by Gasteiger charge is 2.36. The molecule has 3 amide bonds. The van der Waals surface area contributed by atoms with E-state index in [-0.39, 0.29) is 18.1 Å². The van der Waals surface area contributed by atoms with Crippen LogP contribution < -0.4 is 19.5 Å². The highest BCUT2D eigenvalue weighted by Crippen LogP contribution is 2.37. The molecule has 37 heavy (non-hydrogen) atoms. The third kappa shape index (κ3) is 7.29. The number of amides is 3. The molecule has 0 spiro atoms. The Bertz CT molecular complexity index is 1270. The lowest BCUT2D eigenvalue weighted by molar-refractivity contribution is -0.145. The molecule has 13 heteroatoms. The Labute approximate surface area is 235 Å². The van der Waals surface area contributed by atoms with Crippen LogP contribution in [0.4, 0.5) is 10.5 Å². The van der Waals surface area contributed by atoms with E-state index in [4.69, 9.17) is 30.5 Å². The highest BCUT2D eigenvalue weighted by molar-refractivity contribution is 14.1. The number of carbonyl (C=O) groups excluding carboxylic acids is 4. The van der Waals surface area contributed by atoms with Crippen LogP contribution in [0.25, 0.3) is 6.08 Å². The summed E-state index contributed by atoms with van der Waals surface area (Å²) in [4.78, 5) is 50.5. The molecule has 2 aromatic carbocycles. The lowest BCUT2D eigenvalue weighted by Crippen LogP contribution is -2.36. The van der Waals surface area contributed by atoms with Gasteiger partial charge in [-0.25, -0.2) is 4.79 Å². The summed E-state index contributed by atoms with van der Waals surface area (Å²) in [7, 11) is 2.91. The number of methoxy groups -OCH3 is 2. The monoisotopic (exact) mass is 660 g/mol. The van der Waals surface area contributed by atoms with Crippen molar-refractivity contribution in [1.82, 2.24) is 4.90 Å². The zero-order chi connectivity index (χ0) is 27.1. The summed E-state index contributed by atoms with van der Waals surface area (Å²) in [6.45, 7) is 1.18. The van der Waals surface area contributed by atoms with Gasteiger partial charge in [0, 0.05) is 5.69 Å². The number of nitrogens with one attached hydrogen (secondary N) is 1. The van der Waals surface area contributed by atoms with Gasteiger partial charge in [-0.05, 0) is 83.2 Å². The molecule has 1 aliphatic rings. The number of ether oxygens (including phenoxy) is 4. The number of anilines is 1. The molecule has 1 heterocycles. The van der Waals surface area contributed by atoms with E-state index in [0.29, 0.717) is 37.1 Å². The first kappa shape index (κ1) is 28.6. The number of hydrogen-bond acceptors (Lipinski definition) is 9. The third-order valence-corrected chi connectivity index (χ3v) is 6.80. The lowest BCUT2D eigenvalue weighted by Gasteiger charge is -2.14. The van der Waals surface area contributed by atoms with Gasteiger partial charge in [0.2, 0.25) is 5.91 Å². The minimum atomic E-state index is -0.602. The Morgan fingerprint density at radius 1 is 1.14 bits per heavy atom. The molecule has 3 rings (SSSR count). The Morgan fingerprint density at radius 3 is 2.51 bits per heavy atom. The van der Waals surface area contributed by atoms with Gasteiger partial charge in [0.25, 0.3) is 11.1 Å². The van der Waals surface area contributed by atoms with Gasteiger partial charge >= 0.3 is 5.97 Å². The number of nitrogens with zero attached hydrogens (tertiary/aromatic N) is 1. The Balaban J connectivity index is 1.71. The van der Waals surface area contributed by atoms with E-state index in [0.717, 1.165) is 16.7 Å². The average molecular weight is 661 g/mol. The SMILES string of the molecule is CCOC(=O)COc1c(I)cc(/C=C2/SC(=O)N(CC(=O)Nc3ccc(OC)c(Cl)c3)C2=O)cc1OC. The standard InChI is InChI=1S/C24H22ClIN2O8S/c1-4-35-21(30)12-36-22-16(26)7-13(8-18(22)34-3)9-19-23(31)28(24(32)37-19)11-20(29)27-14-5-6-17(33-2)15(25)10-14/h5-10H,4,11-12H2,1-3H3,(H,27,29)/b19-9+. The predicted octanol–water partition coefficient (Wildman–Crippen LogP) is 4.58. The van der Waals surface area contributed by atoms with E-state index in [1.54, 1.807) is 31.2 Å². The van der Waals surface area contributed by atoms with E-state index < -0.39 is 29.6 Å². The molecule has 2 aromatic rings. The van der Waals surface area contributed by atoms with Crippen molar-refractivity contribution in [2.45, 2.75) is 6.92 Å². The fraction of sp³-hybridized carbons (Fsp3) is 0.250. The van der Waals surface area contributed by atoms with Crippen molar-refractivity contribution in [3.05, 3.63) is 49.4 Å². The minimum absolute atomic E-state index is 0.142. The lowest BCUT2D eigenvalue weighted by atomic mass is 10.2. The first-order valence-electron chi connectivity index (χ1n) is 10.7. The van der Waals surface area contributed by atoms with Crippen molar-refractivity contribution in [3.8, 4) is 17.2 Å². The Hall–Kier alpha value is -2.97. The summed E-state index contributed by atoms with van der Waals surface area (Å²) in [5, 5.41) is 2.33. The van der Waals surface area contributed by atoms with E-state index in [1.807, 2.05) is 22.6 Å². The van der Waals surface area contributed by atoms with Crippen LogP contribution in [0.1, 0.15) is 12.5 Å². The summed E-state index contributed by atoms with van der Waals surface area (Å²) < 4.78 is 21.5. The van der Waals surface area contributed by atoms with Crippen LogP contribution in [-0.4, -0.2) is 61.9 Å². The maximum atomic E-state index is 12.9. The van der Waals surface area contributed by atoms with Crippen LogP contribution in [0.3, 0.4) is 0 Å². The van der Waals surface area contributed by atoms with Gasteiger partial charge in [-0.15, -0.1) is 0 Å². The van der Waals surface area contributed by atoms with Crippen molar-refractivity contribution in [2.75, 3.05) is 39.3 Å². The molecule has 0 saturated carbocycles. The maximum Gasteiger partial charge on any atom is 0.344 e. The van der Waals surface area contributed by atoms with Crippen LogP contribution in [-0.2, 0) is 19.1 Å². The van der Waals surface area contributed by atoms with Crippen LogP contribution in [0.2, 0.25) is 5.02 Å². The van der Waals surface area contributed by atoms with Crippen LogP contribution in [0.15, 0.2) is 35.2 Å². The molecule has 0 aliphatic carbocycles. The molecule has 1 saturated heterocycles. The highest BCUT2D eigenvalue weighted by atomic mass is 127. The fourth-order valence-electron chi connectivity index (χ4n) is 3.17. The summed E-state index contributed by atoms with van der Waals surface area (Å²) in [6.07, 6.45) is 1.52. The zero-order valence-corrected chi connectivity index (χ0v) is 23.7. The smallest absolute Gasteiger partial charge is 0.344 e. The van der Waals surface area contributed by atoms with Crippen LogP contribution >= 0.6 is 46.0 Å². The molecule has 10 nitrogen and oxygen atoms in total. The fourth-order valence-corrected chi connectivity index (χ4v) is 5.05. The molecule has 0 bridgehead atoms. The van der Waals surface area contributed by atoms with Crippen molar-refractivity contribution < 1.29 is 38.1 Å². The number of esters is 1. The number of halogens is 2. The summed E-state index contributed by atoms with van der Waals surface area (Å²) in [5.41, 5.74) is 0.956. The van der Waals surface area contributed by atoms with Gasteiger partial charge in [-0.1, -0.05) is 11.6 Å². The van der Waals surface area contributed by atoms with Crippen LogP contribution in [0.5, 0.6) is 17.2 Å². The predicted molar refractivity (Wildman–Crippen MR) is 147 cm³/mol. The first-order chi connectivity index (χ1) is 17.7. The minimum Gasteiger partial charge on any atom is -0.495 e. The van der Waals surface area contributed by atoms with Crippen molar-refractivity contribution in [2.24, 2.45) is 0 Å². The summed E-state index contributed by atoms with van der Waals surface area (Å²) in [5.74, 6) is -0.563. The number of hydrogen-bond donors (Lipinski definition) is 1. The second-order valence-electron chi connectivity index (χ2n) is 7.29. The third-order valence-electron chi connectivity index (χ3n) is 4.80. The van der Waals surface area contributed by atoms with Gasteiger partial charge in [0.05, 0.1) is 34.3 Å². The zero-order valence-electron chi connectivity index (χ0n) is 20.0. The van der Waals surface area contributed by atoms with Gasteiger partial charge < -0.3 is 24.3 Å². The number of benzene rings is 2. The largest absolute Gasteiger partial charge is 0.495 e. The Kier molecular flexibility index (Phi) is 10.1. The molecule has 1 N–H and O–H groups in total. The van der Waals surface area contributed by atoms with Gasteiger partial charge in [-0.2, -0.15) is 0 Å². The number of thioether (sulfide) groups is 1. The van der Waals surface area contributed by atoms with E-state index in [9.17, 15) is 19.2 Å². The van der Waals surface area contributed by atoms with E-state index in [1.165, 1.54) is 26.4 Å². The molecule has 1 aliphatic heterocycles. The number of imide groups is 1. The van der Waals surface area contributed by atoms with Gasteiger partial charge in [0.15, 0.2) is 18.1 Å². The van der Waals surface area contributed by atoms with E-state index >= 15 is 0 Å². The Morgan fingerprint density at radius 2 is 1.86 bits per heavy atom. The number of rotatable bonds is 10. The van der Waals surface area contributed by atoms with Gasteiger partial charge in [0.1, 0.15) is 12.3 Å². The second-order valence-corrected chi connectivity index (χ2v) is 9.86. The molecule has 1 fully saturated rings. The van der Waals surface area contributed by atoms with Crippen molar-refractivity contribution in [1.29, 1.82) is 0 Å². The topological polar surface area (TPSA) is 120 Å². The summed E-state index contributed by atoms with van der Waals surface area (Å²) >= 11 is 8.80. The van der Waals surface area contributed by atoms with Crippen molar-refractivity contribution in [3.63, 3.8) is 0 Å². The molecular formula is C24H22ClIN2O8S. The van der Waals surface area contributed by atoms with E-state index in [2.05, 4.69) is 5.32 Å². The quantitative estimate of drug-likeness (QED) is 0.222. The van der Waals surface area contributed by atoms with Crippen LogP contribution in [0, 0.1) is 3.57 Å². The number of carbonyl (C=O) groups is 4. The summed E-state index contributed by atoms with van der Waals surface area (Å²) in [6, 6.07) is 7.99. The molecule has 0 aromatic heterocycles. The average Bonchev–Trinajstić information content (AvgIpc) is 3.10. The second kappa shape index (κ2) is 13.0. The van der Waals surface area contributed by atoms with Gasteiger partial charge in [-0.3, -0.25) is 19.3 Å². The molecule has 0 atom stereocenters. The van der Waals surface area contributed by atoms with Crippen molar-refractivity contribution >= 4 is 80.7 Å².